The van der Waals surface area contributed by atoms with Crippen LogP contribution < -0.4 is 5.32 Å². The Morgan fingerprint density at radius 3 is 0.504 bits per heavy atom. The average Bonchev–Trinajstić information content (AvgIpc) is 0.827. The zero-order chi connectivity index (χ0) is 82.5. The van der Waals surface area contributed by atoms with Gasteiger partial charge < -0.3 is 5.32 Å². The van der Waals surface area contributed by atoms with Crippen LogP contribution in [0.3, 0.4) is 0 Å². The van der Waals surface area contributed by atoms with Gasteiger partial charge in [0, 0.05) is 850 Å². The molecule has 0 saturated carbocycles. The fourth-order valence-corrected chi connectivity index (χ4v) is 250. The molecule has 0 atom stereocenters. The van der Waals surface area contributed by atoms with Gasteiger partial charge in [-0.15, -0.1) is 0 Å². The van der Waals surface area contributed by atoms with Gasteiger partial charge in [0.1, 0.15) is 0 Å². The molecule has 0 spiro atoms. The van der Waals surface area contributed by atoms with Gasteiger partial charge in [-0.2, -0.15) is 0 Å². The lowest BCUT2D eigenvalue weighted by molar-refractivity contribution is -0.123. The van der Waals surface area contributed by atoms with Crippen LogP contribution in [-0.4, -0.2) is 12.2 Å². The van der Waals surface area contributed by atoms with Crippen LogP contribution in [0.4, 0.5) is 5.69 Å². The van der Waals surface area contributed by atoms with E-state index in [0.717, 1.165) is 17.4 Å². The molecule has 0 aliphatic rings. The zero-order valence-electron chi connectivity index (χ0n) is 50.9. The minimum atomic E-state index is -0.511. The summed E-state index contributed by atoms with van der Waals surface area (Å²) in [4.78, 5) is 23.3. The Labute approximate surface area is 935 Å². The summed E-state index contributed by atoms with van der Waals surface area (Å²) in [5.74, 6) is -0.115. The largest absolute Gasteiger partial charge is 0.325 e. The van der Waals surface area contributed by atoms with Crippen molar-refractivity contribution in [2.24, 2.45) is 5.41 Å². The van der Waals surface area contributed by atoms with E-state index in [2.05, 4.69) is 5.32 Å². The minimum absolute atomic E-state index is 0.115. The first-order valence-corrected chi connectivity index (χ1v) is 146. The lowest BCUT2D eigenvalue weighted by atomic mass is 9.95. The number of nitrogens with one attached hydrogen (secondary N) is 1. The van der Waals surface area contributed by atoms with Gasteiger partial charge >= 0.3 is 0 Å². The smallest absolute Gasteiger partial charge is 0.229 e. The molecule has 97 heteroatoms. The molecule has 2 rings (SSSR count). The number of carbonyl (C=O) groups excluding carboxylic acids is 2. The molecule has 0 aromatic heterocycles. The lowest BCUT2D eigenvalue weighted by Crippen LogP contribution is -2.28. The van der Waals surface area contributed by atoms with Crippen LogP contribution in [0.25, 0.3) is 11.1 Å². The maximum Gasteiger partial charge on any atom is 0.229 e. The summed E-state index contributed by atoms with van der Waals surface area (Å²) in [6, 6.07) is 15.3. The summed E-state index contributed by atoms with van der Waals surface area (Å²) in [6.45, 7) is 5.51. The monoisotopic (exact) mass is 3290 g/mol. The molecule has 0 aliphatic carbocycles. The fraction of sp³-hybridized carbons (Fsp3) is 0.222. The summed E-state index contributed by atoms with van der Waals surface area (Å²) in [6.07, 6.45) is 0.757. The van der Waals surface area contributed by atoms with Gasteiger partial charge in [0.05, 0.1) is 5.69 Å². The maximum absolute atomic E-state index is 12.1. The van der Waals surface area contributed by atoms with Crippen LogP contribution in [0.5, 0.6) is 0 Å². The van der Waals surface area contributed by atoms with E-state index in [0.29, 0.717) is 11.3 Å². The molecule has 0 heterocycles. The maximum atomic E-state index is 12.1. The van der Waals surface area contributed by atoms with Crippen LogP contribution >= 0.6 is 0 Å². The zero-order valence-corrected chi connectivity index (χ0v) is 128. The van der Waals surface area contributed by atoms with Gasteiger partial charge in [-0.3, -0.25) is 9.59 Å². The van der Waals surface area contributed by atoms with E-state index in [1.54, 1.807) is 113 Å². The highest BCUT2D eigenvalue weighted by atomic mass is 33.6. The number of hydrogen-bond acceptors (Lipinski definition) is 4. The van der Waals surface area contributed by atoms with E-state index >= 15 is 0 Å². The number of carbonyl (C=O) groups is 2. The van der Waals surface area contributed by atoms with E-state index in [1.165, 1.54) is 17.8 Å². The molecular weight excluding hydrogens is 3280 g/mol. The van der Waals surface area contributed by atoms with Gasteiger partial charge in [0.15, 0.2) is 6.29 Å². The molecule has 1 amide bonds. The minimum Gasteiger partial charge on any atom is -0.325 e. The molecule has 0 radical (unpaired) electrons. The van der Waals surface area contributed by atoms with Gasteiger partial charge in [0.25, 0.3) is 0 Å². The Balaban J connectivity index is 0.00000268. The highest BCUT2D eigenvalue weighted by molar-refractivity contribution is 8.87. The average molecular weight is 3300 g/mol. The fourth-order valence-electron chi connectivity index (χ4n) is 2.91. The molecule has 115 heavy (non-hydrogen) atoms. The van der Waals surface area contributed by atoms with Crippen molar-refractivity contribution in [3.8, 4) is 11.1 Å². The second-order valence-corrected chi connectivity index (χ2v) is 175. The Kier molecular flexibility index (Phi) is 130. The van der Waals surface area contributed by atoms with E-state index in [4.69, 9.17) is 22.4 Å². The van der Waals surface area contributed by atoms with Gasteiger partial charge in [0.2, 0.25) is 5.91 Å². The van der Waals surface area contributed by atoms with Gasteiger partial charge in [-0.1, -0.05) is 57.2 Å². The summed E-state index contributed by atoms with van der Waals surface area (Å²) >= 11 is 9.66. The molecule has 1 N–H and O–H groups in total. The van der Waals surface area contributed by atoms with Gasteiger partial charge in [-0.05, 0) is 23.3 Å². The van der Waals surface area contributed by atoms with Crippen molar-refractivity contribution in [1.82, 2.24) is 0 Å². The van der Waals surface area contributed by atoms with Crippen molar-refractivity contribution in [3.05, 3.63) is 54.1 Å². The second kappa shape index (κ2) is 114. The van der Waals surface area contributed by atoms with Crippen LogP contribution in [0.2, 0.25) is 0 Å². The normalized spacial score (nSPS) is 8.44. The Bertz CT molecular complexity index is 8230. The highest BCUT2D eigenvalue weighted by Crippen LogP contribution is 2.26. The number of benzene rings is 2. The van der Waals surface area contributed by atoms with E-state index in [-0.39, 0.29) is 5.91 Å². The first-order valence-electron chi connectivity index (χ1n) is 22.4. The topological polar surface area (TPSA) is 46.2 Å². The third-order valence-corrected chi connectivity index (χ3v) is 208. The van der Waals surface area contributed by atoms with Crippen LogP contribution in [-0.2, 0) is 844 Å². The summed E-state index contributed by atoms with van der Waals surface area (Å²) in [7, 11) is 166. The van der Waals surface area contributed by atoms with E-state index < -0.39 is 5.41 Å². The molecule has 2 aromatic carbocycles. The third-order valence-electron chi connectivity index (χ3n) is 5.74. The second-order valence-electron chi connectivity index (χ2n) is 12.2. The lowest BCUT2D eigenvalue weighted by Gasteiger charge is -2.19. The number of hydrogen-bond donors (Lipinski definition) is 1. The van der Waals surface area contributed by atoms with Crippen molar-refractivity contribution in [2.45, 2.75) is 20.8 Å². The Morgan fingerprint density at radius 2 is 0.374 bits per heavy atom. The van der Waals surface area contributed by atoms with Crippen LogP contribution in [0, 0.1) is 5.41 Å². The number of amides is 1. The van der Waals surface area contributed by atoms with E-state index in [9.17, 15) is 9.59 Å². The summed E-state index contributed by atoms with van der Waals surface area (Å²) in [5.41, 5.74) is 2.52. The molecule has 0 bridgehead atoms. The first kappa shape index (κ1) is 131. The van der Waals surface area contributed by atoms with E-state index in [1.807, 2.05) is 756 Å². The first-order chi connectivity index (χ1) is 56.8. The number of anilines is 1. The summed E-state index contributed by atoms with van der Waals surface area (Å²) in [5, 5.41) is 2.84. The van der Waals surface area contributed by atoms with Crippen molar-refractivity contribution < 1.29 is 9.59 Å². The summed E-state index contributed by atoms with van der Waals surface area (Å²) < 4.78 is 0. The highest BCUT2D eigenvalue weighted by Gasteiger charge is 2.22. The predicted octanol–water partition coefficient (Wildman–Crippen LogP) is 3.93. The molecule has 0 saturated heterocycles. The predicted molar refractivity (Wildman–Crippen MR) is 778 cm³/mol. The number of rotatable bonds is 3. The molecule has 672 valence electrons. The molecule has 0 unspecified atom stereocenters. The molecular formula is C18H19NO2S94. The van der Waals surface area contributed by atoms with Crippen LogP contribution in [0.1, 0.15) is 31.1 Å². The number of aldehydes is 1. The quantitative estimate of drug-likeness (QED) is 0.475. The Morgan fingerprint density at radius 1 is 0.226 bits per heavy atom. The SMILES string of the molecule is CC(C)(C)C(=O)Nc1cc(-c2ccccc2)ccc1C=O.S=S=S=S=S=S=S=S=S=S=S=S=S=S=S=S=S=S=S=S=S=S=S=S=S=S=S=S=S=S=S=S=S=S=S=S=S=S=S=S=S=S=S=S=S=S=S=S=S=S=S=S=S=S=S=S=S=S=S=S=S=S=S=S=S=S=S=S=S=S=S=S=S=S=S=S=S=S=S=S=S=S=S=S=S=S=S=S=S=S=S=S=S=S. The Hall–Kier alpha value is 18.3. The van der Waals surface area contributed by atoms with Crippen molar-refractivity contribution >= 4 is 857 Å². The van der Waals surface area contributed by atoms with Crippen molar-refractivity contribution in [3.63, 3.8) is 0 Å². The molecule has 3 nitrogen and oxygen atoms in total. The molecule has 0 aliphatic heterocycles. The van der Waals surface area contributed by atoms with Crippen molar-refractivity contribution in [1.29, 1.82) is 0 Å². The third kappa shape index (κ3) is 105. The van der Waals surface area contributed by atoms with Gasteiger partial charge in [-0.25, -0.2) is 0 Å². The standard InChI is InChI=1S/C18H19NO2.S94/c1-18(2,3)17(21)19-16-11-14(9-10-15(16)12-20)13-7-5-4-6-8-13;1-3-5-7-9-11-13-15-17-19-21-23-25-27-29-31-33-35-37-39-41-43-45-47-49-51-53-55-57-59-61-63-65-67-69-71-73-75-77-79-81-83-85-87-89-91-93-94-92-90-88-86-84-82-80-78-76-74-72-70-68-66-64-62-60-58-56-54-52-50-48-46-44-42-40-38-36-34-32-30-28-26-24-22-20-18-16-14-12-10-8-6-4-2/h4-12H,1-3H3,(H,19,21);. The van der Waals surface area contributed by atoms with Crippen LogP contribution in [0.15, 0.2) is 48.5 Å². The van der Waals surface area contributed by atoms with Crippen molar-refractivity contribution in [2.75, 3.05) is 5.32 Å². The molecule has 2 aromatic rings. The molecule has 0 fully saturated rings.